The number of thioether (sulfide) groups is 1. The van der Waals surface area contributed by atoms with Gasteiger partial charge >= 0.3 is 5.97 Å². The number of hydrogen-bond acceptors (Lipinski definition) is 6. The fourth-order valence-electron chi connectivity index (χ4n) is 4.41. The molecule has 160 valence electrons. The molecule has 0 amide bonds. The molecule has 2 aliphatic rings. The highest BCUT2D eigenvalue weighted by atomic mass is 32.2. The van der Waals surface area contributed by atoms with Gasteiger partial charge in [0.05, 0.1) is 29.8 Å². The highest BCUT2D eigenvalue weighted by Gasteiger charge is 2.46. The lowest BCUT2D eigenvalue weighted by atomic mass is 9.79. The molecule has 0 spiro atoms. The van der Waals surface area contributed by atoms with E-state index in [-0.39, 0.29) is 22.9 Å². The van der Waals surface area contributed by atoms with Crippen molar-refractivity contribution in [3.05, 3.63) is 70.8 Å². The molecule has 2 atom stereocenters. The molecule has 31 heavy (non-hydrogen) atoms. The first-order valence-corrected chi connectivity index (χ1v) is 11.6. The summed E-state index contributed by atoms with van der Waals surface area (Å²) >= 11 is 1.89. The first-order chi connectivity index (χ1) is 15.0. The van der Waals surface area contributed by atoms with Gasteiger partial charge in [0.15, 0.2) is 0 Å². The summed E-state index contributed by atoms with van der Waals surface area (Å²) in [5.41, 5.74) is 4.35. The first kappa shape index (κ1) is 21.5. The quantitative estimate of drug-likeness (QED) is 0.699. The second-order valence-electron chi connectivity index (χ2n) is 8.26. The largest absolute Gasteiger partial charge is 0.462 e. The predicted molar refractivity (Wildman–Crippen MR) is 126 cm³/mol. The van der Waals surface area contributed by atoms with Crippen LogP contribution < -0.4 is 10.2 Å². The molecule has 0 radical (unpaired) electrons. The van der Waals surface area contributed by atoms with E-state index in [1.54, 1.807) is 0 Å². The van der Waals surface area contributed by atoms with Gasteiger partial charge in [0.1, 0.15) is 5.50 Å². The Hall–Kier alpha value is -2.75. The number of esters is 1. The molecular formula is C25H27N3O2S. The van der Waals surface area contributed by atoms with Crippen LogP contribution in [0.2, 0.25) is 0 Å². The maximum Gasteiger partial charge on any atom is 0.338 e. The summed E-state index contributed by atoms with van der Waals surface area (Å²) in [7, 11) is 0. The molecular weight excluding hydrogens is 406 g/mol. The van der Waals surface area contributed by atoms with E-state index < -0.39 is 0 Å². The molecule has 1 fully saturated rings. The third-order valence-corrected chi connectivity index (χ3v) is 7.16. The number of fused-ring (bicyclic) bond motifs is 1. The van der Waals surface area contributed by atoms with Crippen molar-refractivity contribution in [1.29, 1.82) is 5.26 Å². The van der Waals surface area contributed by atoms with Gasteiger partial charge in [-0.1, -0.05) is 44.2 Å². The Morgan fingerprint density at radius 2 is 2.16 bits per heavy atom. The molecule has 2 aromatic carbocycles. The number of nitrogens with one attached hydrogen (secondary N) is 1. The molecule has 1 unspecified atom stereocenters. The normalized spacial score (nSPS) is 21.8. The standard InChI is InChI=1S/C25H27N3O2S/c1-4-30-23(29)18-9-11-21-20(15-18)25(2,3)22(28(21)24-27-13-14-31-24)12-10-17-7-5-6-8-19(17)16-26/h5-12,15,22,24,27H,4,13-14H2,1-3H3/t22?,24-/m1/s1. The highest BCUT2D eigenvalue weighted by Crippen LogP contribution is 2.48. The summed E-state index contributed by atoms with van der Waals surface area (Å²) in [6, 6.07) is 15.9. The van der Waals surface area contributed by atoms with Crippen LogP contribution in [0, 0.1) is 11.3 Å². The molecule has 0 aromatic heterocycles. The van der Waals surface area contributed by atoms with Crippen molar-refractivity contribution < 1.29 is 9.53 Å². The monoisotopic (exact) mass is 433 g/mol. The second-order valence-corrected chi connectivity index (χ2v) is 9.45. The van der Waals surface area contributed by atoms with Crippen LogP contribution in [0.25, 0.3) is 6.08 Å². The Morgan fingerprint density at radius 3 is 2.87 bits per heavy atom. The Morgan fingerprint density at radius 1 is 1.35 bits per heavy atom. The van der Waals surface area contributed by atoms with E-state index in [0.29, 0.717) is 17.7 Å². The predicted octanol–water partition coefficient (Wildman–Crippen LogP) is 4.53. The maximum absolute atomic E-state index is 12.4. The van der Waals surface area contributed by atoms with E-state index in [1.807, 2.05) is 61.2 Å². The molecule has 4 rings (SSSR count). The average molecular weight is 434 g/mol. The lowest BCUT2D eigenvalue weighted by Crippen LogP contribution is -2.48. The van der Waals surface area contributed by atoms with E-state index in [4.69, 9.17) is 4.74 Å². The van der Waals surface area contributed by atoms with Crippen molar-refractivity contribution in [2.45, 2.75) is 37.7 Å². The summed E-state index contributed by atoms with van der Waals surface area (Å²) < 4.78 is 5.23. The zero-order valence-corrected chi connectivity index (χ0v) is 18.9. The number of ether oxygens (including phenoxy) is 1. The molecule has 0 bridgehead atoms. The fourth-order valence-corrected chi connectivity index (χ4v) is 5.51. The van der Waals surface area contributed by atoms with Crippen molar-refractivity contribution in [2.75, 3.05) is 23.8 Å². The third kappa shape index (κ3) is 3.96. The van der Waals surface area contributed by atoms with Crippen LogP contribution >= 0.6 is 11.8 Å². The molecule has 2 aliphatic heterocycles. The van der Waals surface area contributed by atoms with Gasteiger partial charge < -0.3 is 9.64 Å². The van der Waals surface area contributed by atoms with E-state index >= 15 is 0 Å². The van der Waals surface area contributed by atoms with Gasteiger partial charge in [0.25, 0.3) is 0 Å². The summed E-state index contributed by atoms with van der Waals surface area (Å²) in [5, 5.41) is 13.1. The number of nitriles is 1. The molecule has 5 nitrogen and oxygen atoms in total. The number of anilines is 1. The Balaban J connectivity index is 1.76. The van der Waals surface area contributed by atoms with E-state index in [0.717, 1.165) is 29.1 Å². The SMILES string of the molecule is CCOC(=O)c1ccc2c(c1)C(C)(C)C(C=Cc1ccccc1C#N)N2[C@H]1NCCS1. The smallest absolute Gasteiger partial charge is 0.338 e. The number of hydrogen-bond donors (Lipinski definition) is 1. The van der Waals surface area contributed by atoms with Crippen LogP contribution in [-0.2, 0) is 10.2 Å². The molecule has 2 aromatic rings. The van der Waals surface area contributed by atoms with Gasteiger partial charge in [-0.05, 0) is 42.3 Å². The van der Waals surface area contributed by atoms with Crippen molar-refractivity contribution in [3.63, 3.8) is 0 Å². The highest BCUT2D eigenvalue weighted by molar-refractivity contribution is 8.00. The molecule has 0 saturated carbocycles. The summed E-state index contributed by atoms with van der Waals surface area (Å²) in [5.74, 6) is 0.772. The number of rotatable bonds is 5. The van der Waals surface area contributed by atoms with E-state index in [2.05, 4.69) is 42.3 Å². The minimum atomic E-state index is -0.289. The molecule has 6 heteroatoms. The van der Waals surface area contributed by atoms with Gasteiger partial charge in [-0.25, -0.2) is 4.79 Å². The lowest BCUT2D eigenvalue weighted by Gasteiger charge is -2.36. The van der Waals surface area contributed by atoms with Gasteiger partial charge in [0.2, 0.25) is 0 Å². The van der Waals surface area contributed by atoms with Crippen LogP contribution in [0.15, 0.2) is 48.5 Å². The van der Waals surface area contributed by atoms with E-state index in [1.165, 1.54) is 0 Å². The van der Waals surface area contributed by atoms with Crippen LogP contribution in [-0.4, -0.2) is 36.4 Å². The first-order valence-electron chi connectivity index (χ1n) is 10.6. The van der Waals surface area contributed by atoms with Gasteiger partial charge in [0, 0.05) is 23.4 Å². The van der Waals surface area contributed by atoms with Crippen molar-refractivity contribution in [1.82, 2.24) is 5.32 Å². The molecule has 1 saturated heterocycles. The van der Waals surface area contributed by atoms with Gasteiger partial charge in [-0.3, -0.25) is 5.32 Å². The Kier molecular flexibility index (Phi) is 6.08. The number of carbonyl (C=O) groups excluding carboxylic acids is 1. The Bertz CT molecular complexity index is 1050. The van der Waals surface area contributed by atoms with Crippen LogP contribution in [0.3, 0.4) is 0 Å². The number of carbonyl (C=O) groups is 1. The topological polar surface area (TPSA) is 65.4 Å². The zero-order valence-electron chi connectivity index (χ0n) is 18.1. The van der Waals surface area contributed by atoms with E-state index in [9.17, 15) is 10.1 Å². The molecule has 0 aliphatic carbocycles. The minimum absolute atomic E-state index is 0.0646. The number of nitrogens with zero attached hydrogens (tertiary/aromatic N) is 2. The van der Waals surface area contributed by atoms with Gasteiger partial charge in [-0.2, -0.15) is 5.26 Å². The second kappa shape index (κ2) is 8.78. The van der Waals surface area contributed by atoms with Crippen molar-refractivity contribution in [2.24, 2.45) is 0 Å². The van der Waals surface area contributed by atoms with Crippen LogP contribution in [0.1, 0.15) is 47.8 Å². The number of benzene rings is 2. The van der Waals surface area contributed by atoms with Gasteiger partial charge in [-0.15, -0.1) is 11.8 Å². The lowest BCUT2D eigenvalue weighted by molar-refractivity contribution is 0.0526. The summed E-state index contributed by atoms with van der Waals surface area (Å²) in [6.45, 7) is 7.57. The third-order valence-electron chi connectivity index (χ3n) is 6.01. The zero-order chi connectivity index (χ0) is 22.0. The fraction of sp³-hybridized carbons (Fsp3) is 0.360. The van der Waals surface area contributed by atoms with Crippen LogP contribution in [0.4, 0.5) is 5.69 Å². The summed E-state index contributed by atoms with van der Waals surface area (Å²) in [6.07, 6.45) is 4.25. The average Bonchev–Trinajstić information content (AvgIpc) is 3.37. The Labute approximate surface area is 188 Å². The maximum atomic E-state index is 12.4. The van der Waals surface area contributed by atoms with Crippen LogP contribution in [0.5, 0.6) is 0 Å². The molecule has 1 N–H and O–H groups in total. The summed E-state index contributed by atoms with van der Waals surface area (Å²) in [4.78, 5) is 14.8. The molecule has 2 heterocycles. The minimum Gasteiger partial charge on any atom is -0.462 e. The van der Waals surface area contributed by atoms with Crippen molar-refractivity contribution >= 4 is 29.5 Å². The van der Waals surface area contributed by atoms with Crippen molar-refractivity contribution in [3.8, 4) is 6.07 Å².